The first kappa shape index (κ1) is 9.70. The van der Waals surface area contributed by atoms with Gasteiger partial charge in [0.2, 0.25) is 0 Å². The van der Waals surface area contributed by atoms with Gasteiger partial charge in [0.25, 0.3) is 0 Å². The first-order valence-corrected chi connectivity index (χ1v) is 4.40. The van der Waals surface area contributed by atoms with Crippen molar-refractivity contribution < 1.29 is 4.92 Å². The minimum absolute atomic E-state index is 0.0506. The van der Waals surface area contributed by atoms with Gasteiger partial charge in [0.1, 0.15) is 0 Å². The van der Waals surface area contributed by atoms with Gasteiger partial charge >= 0.3 is 5.82 Å². The van der Waals surface area contributed by atoms with Crippen molar-refractivity contribution in [3.05, 3.63) is 21.9 Å². The van der Waals surface area contributed by atoms with Gasteiger partial charge in [-0.15, -0.1) is 0 Å². The Morgan fingerprint density at radius 1 is 1.62 bits per heavy atom. The van der Waals surface area contributed by atoms with Crippen molar-refractivity contribution >= 4 is 5.82 Å². The fourth-order valence-corrected chi connectivity index (χ4v) is 1.22. The minimum Gasteiger partial charge on any atom is -0.358 e. The van der Waals surface area contributed by atoms with Crippen LogP contribution in [-0.2, 0) is 13.0 Å². The molecular formula is C8H13N3O2. The molecule has 0 amide bonds. The smallest absolute Gasteiger partial charge is 0.358 e. The monoisotopic (exact) mass is 183 g/mol. The molecule has 1 rings (SSSR count). The highest BCUT2D eigenvalue weighted by atomic mass is 16.6. The van der Waals surface area contributed by atoms with Gasteiger partial charge in [0, 0.05) is 0 Å². The first-order valence-electron chi connectivity index (χ1n) is 4.40. The zero-order valence-electron chi connectivity index (χ0n) is 7.86. The summed E-state index contributed by atoms with van der Waals surface area (Å²) >= 11 is 0. The van der Waals surface area contributed by atoms with E-state index < -0.39 is 4.92 Å². The third-order valence-electron chi connectivity index (χ3n) is 1.84. The molecule has 0 bridgehead atoms. The fraction of sp³-hybridized carbons (Fsp3) is 0.625. The van der Waals surface area contributed by atoms with Gasteiger partial charge in [-0.1, -0.05) is 13.8 Å². The second kappa shape index (κ2) is 4.02. The maximum absolute atomic E-state index is 10.4. The molecule has 0 aromatic carbocycles. The maximum atomic E-state index is 10.4. The van der Waals surface area contributed by atoms with Crippen LogP contribution in [-0.4, -0.2) is 14.7 Å². The Morgan fingerprint density at radius 2 is 2.31 bits per heavy atom. The third kappa shape index (κ3) is 2.05. The average Bonchev–Trinajstić information content (AvgIpc) is 2.48. The molecule has 1 aromatic rings. The molecule has 0 atom stereocenters. The average molecular weight is 183 g/mol. The van der Waals surface area contributed by atoms with Crippen molar-refractivity contribution in [1.82, 2.24) is 9.78 Å². The quantitative estimate of drug-likeness (QED) is 0.527. The van der Waals surface area contributed by atoms with E-state index in [1.807, 2.05) is 13.8 Å². The highest BCUT2D eigenvalue weighted by Crippen LogP contribution is 2.12. The van der Waals surface area contributed by atoms with Gasteiger partial charge in [-0.25, -0.2) is 0 Å². The van der Waals surface area contributed by atoms with Crippen LogP contribution in [0.4, 0.5) is 5.82 Å². The molecule has 0 fully saturated rings. The molecule has 0 saturated carbocycles. The second-order valence-electron chi connectivity index (χ2n) is 2.83. The standard InChI is InChI=1S/C8H13N3O2/c1-3-5-10-7(4-2)6-8(9-10)11(12)13/h6H,3-5H2,1-2H3. The maximum Gasteiger partial charge on any atom is 0.390 e. The van der Waals surface area contributed by atoms with Crippen molar-refractivity contribution in [3.8, 4) is 0 Å². The van der Waals surface area contributed by atoms with Gasteiger partial charge in [-0.3, -0.25) is 0 Å². The van der Waals surface area contributed by atoms with Gasteiger partial charge in [-0.2, -0.15) is 4.68 Å². The number of nitrogens with zero attached hydrogens (tertiary/aromatic N) is 3. The predicted molar refractivity (Wildman–Crippen MR) is 48.6 cm³/mol. The van der Waals surface area contributed by atoms with Crippen LogP contribution in [0.5, 0.6) is 0 Å². The molecule has 0 unspecified atom stereocenters. The molecule has 72 valence electrons. The van der Waals surface area contributed by atoms with E-state index in [2.05, 4.69) is 5.10 Å². The molecule has 1 aromatic heterocycles. The van der Waals surface area contributed by atoms with Gasteiger partial charge in [0.15, 0.2) is 0 Å². The van der Waals surface area contributed by atoms with Crippen LogP contribution in [0.25, 0.3) is 0 Å². The van der Waals surface area contributed by atoms with E-state index in [0.717, 1.165) is 25.1 Å². The molecule has 0 aliphatic rings. The van der Waals surface area contributed by atoms with Gasteiger partial charge < -0.3 is 10.1 Å². The summed E-state index contributed by atoms with van der Waals surface area (Å²) in [5.41, 5.74) is 0.925. The van der Waals surface area contributed by atoms with Crippen molar-refractivity contribution in [2.75, 3.05) is 0 Å². The van der Waals surface area contributed by atoms with E-state index in [1.165, 1.54) is 6.07 Å². The summed E-state index contributed by atoms with van der Waals surface area (Å²) in [6, 6.07) is 1.54. The van der Waals surface area contributed by atoms with E-state index >= 15 is 0 Å². The molecule has 0 aliphatic carbocycles. The van der Waals surface area contributed by atoms with Crippen LogP contribution in [0.2, 0.25) is 0 Å². The van der Waals surface area contributed by atoms with E-state index in [9.17, 15) is 10.1 Å². The van der Waals surface area contributed by atoms with Crippen molar-refractivity contribution in [2.24, 2.45) is 0 Å². The Hall–Kier alpha value is -1.39. The summed E-state index contributed by atoms with van der Waals surface area (Å²) in [6.07, 6.45) is 1.71. The number of nitro groups is 1. The lowest BCUT2D eigenvalue weighted by Gasteiger charge is -1.96. The Labute approximate surface area is 76.5 Å². The lowest BCUT2D eigenvalue weighted by Crippen LogP contribution is -2.03. The summed E-state index contributed by atoms with van der Waals surface area (Å²) < 4.78 is 1.71. The van der Waals surface area contributed by atoms with Crippen LogP contribution < -0.4 is 0 Å². The molecule has 5 nitrogen and oxygen atoms in total. The largest absolute Gasteiger partial charge is 0.390 e. The Morgan fingerprint density at radius 3 is 2.77 bits per heavy atom. The van der Waals surface area contributed by atoms with Crippen molar-refractivity contribution in [2.45, 2.75) is 33.2 Å². The van der Waals surface area contributed by atoms with Crippen molar-refractivity contribution in [1.29, 1.82) is 0 Å². The lowest BCUT2D eigenvalue weighted by atomic mass is 10.3. The Bertz CT molecular complexity index is 306. The molecule has 0 aliphatic heterocycles. The SMILES string of the molecule is CCCn1nc([N+](=O)[O-])cc1CC. The summed E-state index contributed by atoms with van der Waals surface area (Å²) in [5, 5.41) is 14.3. The van der Waals surface area contributed by atoms with E-state index in [4.69, 9.17) is 0 Å². The number of rotatable bonds is 4. The first-order chi connectivity index (χ1) is 6.19. The summed E-state index contributed by atoms with van der Waals surface area (Å²) in [6.45, 7) is 4.73. The van der Waals surface area contributed by atoms with E-state index in [-0.39, 0.29) is 5.82 Å². The molecular weight excluding hydrogens is 170 g/mol. The van der Waals surface area contributed by atoms with Crippen molar-refractivity contribution in [3.63, 3.8) is 0 Å². The minimum atomic E-state index is -0.453. The Balaban J connectivity index is 2.96. The molecule has 5 heteroatoms. The van der Waals surface area contributed by atoms with Crippen LogP contribution in [0.15, 0.2) is 6.07 Å². The summed E-state index contributed by atoms with van der Waals surface area (Å²) in [4.78, 5) is 9.96. The summed E-state index contributed by atoms with van der Waals surface area (Å²) in [7, 11) is 0. The zero-order valence-corrected chi connectivity index (χ0v) is 7.86. The highest BCUT2D eigenvalue weighted by molar-refractivity contribution is 5.21. The fourth-order valence-electron chi connectivity index (χ4n) is 1.22. The molecule has 0 N–H and O–H groups in total. The van der Waals surface area contributed by atoms with Gasteiger partial charge in [-0.05, 0) is 17.8 Å². The molecule has 0 spiro atoms. The van der Waals surface area contributed by atoms with Crippen LogP contribution >= 0.6 is 0 Å². The number of aryl methyl sites for hydroxylation is 2. The molecule has 0 radical (unpaired) electrons. The molecule has 0 saturated heterocycles. The second-order valence-corrected chi connectivity index (χ2v) is 2.83. The van der Waals surface area contributed by atoms with Gasteiger partial charge in [0.05, 0.1) is 23.4 Å². The normalized spacial score (nSPS) is 10.3. The number of hydrogen-bond donors (Lipinski definition) is 0. The topological polar surface area (TPSA) is 61.0 Å². The zero-order chi connectivity index (χ0) is 9.84. The van der Waals surface area contributed by atoms with Crippen LogP contribution in [0.3, 0.4) is 0 Å². The van der Waals surface area contributed by atoms with Crippen LogP contribution in [0, 0.1) is 10.1 Å². The number of hydrogen-bond acceptors (Lipinski definition) is 3. The Kier molecular flexibility index (Phi) is 3.00. The van der Waals surface area contributed by atoms with E-state index in [1.54, 1.807) is 4.68 Å². The summed E-state index contributed by atoms with van der Waals surface area (Å²) in [5.74, 6) is -0.0506. The van der Waals surface area contributed by atoms with E-state index in [0.29, 0.717) is 0 Å². The molecule has 1 heterocycles. The predicted octanol–water partition coefficient (Wildman–Crippen LogP) is 1.76. The lowest BCUT2D eigenvalue weighted by molar-refractivity contribution is -0.389. The third-order valence-corrected chi connectivity index (χ3v) is 1.84. The highest BCUT2D eigenvalue weighted by Gasteiger charge is 2.15. The van der Waals surface area contributed by atoms with Crippen LogP contribution in [0.1, 0.15) is 26.0 Å². The molecule has 13 heavy (non-hydrogen) atoms. The number of aromatic nitrogens is 2.